The van der Waals surface area contributed by atoms with Crippen LogP contribution in [0.15, 0.2) is 110 Å². The maximum Gasteiger partial charge on any atom is 0.346 e. The Morgan fingerprint density at radius 2 is 1.47 bits per heavy atom. The molecule has 0 aliphatic heterocycles. The van der Waals surface area contributed by atoms with Crippen molar-refractivity contribution in [3.8, 4) is 17.2 Å². The van der Waals surface area contributed by atoms with Gasteiger partial charge in [-0.3, -0.25) is 4.57 Å². The number of nitrogens with zero attached hydrogens (tertiary/aromatic N) is 4. The van der Waals surface area contributed by atoms with Crippen molar-refractivity contribution in [1.29, 1.82) is 0 Å². The van der Waals surface area contributed by atoms with Crippen molar-refractivity contribution < 1.29 is 9.13 Å². The first-order chi connectivity index (χ1) is 15.7. The topological polar surface area (TPSA) is 17.6 Å². The second-order valence-electron chi connectivity index (χ2n) is 8.19. The van der Waals surface area contributed by atoms with Gasteiger partial charge in [0.25, 0.3) is 0 Å². The number of hydrogen-bond acceptors (Lipinski definition) is 0. The molecule has 0 spiro atoms. The molecule has 0 saturated heterocycles. The van der Waals surface area contributed by atoms with E-state index < -0.39 is 0 Å². The van der Waals surface area contributed by atoms with E-state index in [4.69, 9.17) is 0 Å². The molecule has 32 heavy (non-hydrogen) atoms. The fraction of sp³-hybridized carbons (Fsp3) is 0.0714. The minimum Gasteiger partial charge on any atom is -0.270 e. The van der Waals surface area contributed by atoms with Gasteiger partial charge in [0, 0.05) is 11.5 Å². The van der Waals surface area contributed by atoms with E-state index >= 15 is 0 Å². The van der Waals surface area contributed by atoms with Crippen molar-refractivity contribution in [2.75, 3.05) is 0 Å². The van der Waals surface area contributed by atoms with Crippen LogP contribution in [0.2, 0.25) is 0 Å². The summed E-state index contributed by atoms with van der Waals surface area (Å²) in [5.41, 5.74) is 6.00. The van der Waals surface area contributed by atoms with Crippen molar-refractivity contribution in [3.63, 3.8) is 0 Å². The molecule has 3 aromatic heterocycles. The molecular weight excluding hydrogens is 392 g/mol. The maximum atomic E-state index is 2.39. The fourth-order valence-electron chi connectivity index (χ4n) is 4.69. The third kappa shape index (κ3) is 2.77. The number of aryl methyl sites for hydroxylation is 2. The second-order valence-corrected chi connectivity index (χ2v) is 8.19. The lowest BCUT2D eigenvalue weighted by molar-refractivity contribution is -0.764. The number of para-hydroxylation sites is 3. The first-order valence-electron chi connectivity index (χ1n) is 10.9. The zero-order valence-corrected chi connectivity index (χ0v) is 18.2. The number of fused-ring (bicyclic) bond motifs is 3. The molecule has 0 amide bonds. The van der Waals surface area contributed by atoms with E-state index in [0.717, 1.165) is 11.5 Å². The SMILES string of the molecule is Cc1ccccc1-n1c2ccccc2c2ccc(-[n+]3ccn(-c4ccccc4)c3)[n+](C)c21. The van der Waals surface area contributed by atoms with Gasteiger partial charge in [-0.2, -0.15) is 9.13 Å². The molecule has 154 valence electrons. The molecule has 3 heterocycles. The van der Waals surface area contributed by atoms with Crippen LogP contribution in [-0.2, 0) is 7.05 Å². The first kappa shape index (κ1) is 18.6. The van der Waals surface area contributed by atoms with Gasteiger partial charge < -0.3 is 0 Å². The van der Waals surface area contributed by atoms with E-state index in [-0.39, 0.29) is 0 Å². The highest BCUT2D eigenvalue weighted by Gasteiger charge is 2.24. The zero-order valence-electron chi connectivity index (χ0n) is 18.2. The second kappa shape index (κ2) is 7.20. The van der Waals surface area contributed by atoms with E-state index in [1.165, 1.54) is 33.2 Å². The van der Waals surface area contributed by atoms with Crippen LogP contribution < -0.4 is 9.13 Å². The average molecular weight is 417 g/mol. The number of benzene rings is 3. The predicted octanol–water partition coefficient (Wildman–Crippen LogP) is 4.98. The zero-order chi connectivity index (χ0) is 21.7. The molecule has 0 atom stereocenters. The number of hydrogen-bond donors (Lipinski definition) is 0. The third-order valence-corrected chi connectivity index (χ3v) is 6.26. The van der Waals surface area contributed by atoms with Gasteiger partial charge in [0.15, 0.2) is 18.1 Å². The summed E-state index contributed by atoms with van der Waals surface area (Å²) in [5.74, 6) is 1.10. The highest BCUT2D eigenvalue weighted by atomic mass is 15.2. The minimum absolute atomic E-state index is 1.10. The molecule has 0 saturated carbocycles. The number of aromatic nitrogens is 4. The van der Waals surface area contributed by atoms with Crippen LogP contribution in [0.5, 0.6) is 0 Å². The molecule has 0 aliphatic carbocycles. The summed E-state index contributed by atoms with van der Waals surface area (Å²) in [6.45, 7) is 2.18. The number of rotatable bonds is 3. The largest absolute Gasteiger partial charge is 0.346 e. The monoisotopic (exact) mass is 416 g/mol. The molecule has 0 N–H and O–H groups in total. The molecule has 0 bridgehead atoms. The Bertz CT molecular complexity index is 1590. The molecule has 0 aliphatic rings. The Morgan fingerprint density at radius 3 is 2.31 bits per heavy atom. The van der Waals surface area contributed by atoms with Gasteiger partial charge in [-0.25, -0.2) is 0 Å². The molecule has 0 fully saturated rings. The van der Waals surface area contributed by atoms with Crippen molar-refractivity contribution in [1.82, 2.24) is 9.13 Å². The van der Waals surface area contributed by atoms with Crippen molar-refractivity contribution in [2.45, 2.75) is 6.92 Å². The highest BCUT2D eigenvalue weighted by Crippen LogP contribution is 2.31. The van der Waals surface area contributed by atoms with E-state index in [0.29, 0.717) is 0 Å². The van der Waals surface area contributed by atoms with Crippen LogP contribution in [0.25, 0.3) is 39.1 Å². The predicted molar refractivity (Wildman–Crippen MR) is 128 cm³/mol. The van der Waals surface area contributed by atoms with Gasteiger partial charge in [-0.05, 0) is 42.8 Å². The standard InChI is InChI=1S/C28H24N4/c1-21-10-6-8-14-25(21)32-26-15-9-7-13-23(26)24-16-17-27(29(2)28(24)32)31-19-18-30(20-31)22-11-4-3-5-12-22/h3-20H,1-2H3/q+2. The molecular formula is C28H24N4+2. The summed E-state index contributed by atoms with van der Waals surface area (Å²) >= 11 is 0. The summed E-state index contributed by atoms with van der Waals surface area (Å²) in [7, 11) is 2.15. The summed E-state index contributed by atoms with van der Waals surface area (Å²) in [6, 6.07) is 32.1. The third-order valence-electron chi connectivity index (χ3n) is 6.26. The summed E-state index contributed by atoms with van der Waals surface area (Å²) in [6.07, 6.45) is 6.32. The average Bonchev–Trinajstić information content (AvgIpc) is 3.44. The Morgan fingerprint density at radius 1 is 0.719 bits per heavy atom. The van der Waals surface area contributed by atoms with Crippen molar-refractivity contribution >= 4 is 21.9 Å². The number of imidazole rings is 1. The van der Waals surface area contributed by atoms with Gasteiger partial charge in [-0.1, -0.05) is 54.6 Å². The fourth-order valence-corrected chi connectivity index (χ4v) is 4.69. The Labute approximate surface area is 186 Å². The van der Waals surface area contributed by atoms with Gasteiger partial charge in [0.2, 0.25) is 5.65 Å². The molecule has 3 aromatic carbocycles. The smallest absolute Gasteiger partial charge is 0.270 e. The van der Waals surface area contributed by atoms with Gasteiger partial charge in [0.05, 0.1) is 16.6 Å². The Balaban J connectivity index is 1.63. The van der Waals surface area contributed by atoms with Crippen molar-refractivity contribution in [2.24, 2.45) is 7.05 Å². The quantitative estimate of drug-likeness (QED) is 0.362. The van der Waals surface area contributed by atoms with Gasteiger partial charge in [0.1, 0.15) is 7.05 Å². The van der Waals surface area contributed by atoms with Crippen LogP contribution in [0, 0.1) is 6.92 Å². The minimum atomic E-state index is 1.10. The molecule has 4 nitrogen and oxygen atoms in total. The first-order valence-corrected chi connectivity index (χ1v) is 10.9. The lowest BCUT2D eigenvalue weighted by atomic mass is 10.2. The van der Waals surface area contributed by atoms with Crippen LogP contribution in [0.4, 0.5) is 0 Å². The Kier molecular flexibility index (Phi) is 4.18. The summed E-state index contributed by atoms with van der Waals surface area (Å²) in [5, 5.41) is 2.51. The van der Waals surface area contributed by atoms with E-state index in [2.05, 4.69) is 136 Å². The number of pyridine rings is 1. The summed E-state index contributed by atoms with van der Waals surface area (Å²) < 4.78 is 8.99. The van der Waals surface area contributed by atoms with Crippen LogP contribution >= 0.6 is 0 Å². The molecule has 6 aromatic rings. The maximum absolute atomic E-state index is 2.39. The van der Waals surface area contributed by atoms with Gasteiger partial charge in [-0.15, -0.1) is 4.57 Å². The van der Waals surface area contributed by atoms with Crippen LogP contribution in [0.3, 0.4) is 0 Å². The Hall–Kier alpha value is -4.18. The van der Waals surface area contributed by atoms with Crippen LogP contribution in [-0.4, -0.2) is 9.13 Å². The van der Waals surface area contributed by atoms with E-state index in [9.17, 15) is 0 Å². The normalized spacial score (nSPS) is 11.4. The molecule has 0 unspecified atom stereocenters. The molecule has 0 radical (unpaired) electrons. The van der Waals surface area contributed by atoms with E-state index in [1.807, 2.05) is 6.07 Å². The highest BCUT2D eigenvalue weighted by molar-refractivity contribution is 6.07. The van der Waals surface area contributed by atoms with Crippen molar-refractivity contribution in [3.05, 3.63) is 115 Å². The lowest BCUT2D eigenvalue weighted by Crippen LogP contribution is -2.46. The van der Waals surface area contributed by atoms with E-state index in [1.54, 1.807) is 0 Å². The van der Waals surface area contributed by atoms with Crippen LogP contribution in [0.1, 0.15) is 5.56 Å². The van der Waals surface area contributed by atoms with Gasteiger partial charge >= 0.3 is 12.1 Å². The summed E-state index contributed by atoms with van der Waals surface area (Å²) in [4.78, 5) is 0. The molecule has 4 heteroatoms. The molecule has 6 rings (SSSR count). The lowest BCUT2D eigenvalue weighted by Gasteiger charge is -2.10.